The van der Waals surface area contributed by atoms with Gasteiger partial charge in [-0.25, -0.2) is 13.4 Å². The average Bonchev–Trinajstić information content (AvgIpc) is 3.18. The molecular weight excluding hydrogens is 372 g/mol. The predicted octanol–water partition coefficient (Wildman–Crippen LogP) is 1.82. The third-order valence-electron chi connectivity index (χ3n) is 4.91. The standard InChI is InChI=1S/C17H24N4O3S2/c1-12-6-9-25-15(12)10-18-17(22)14-4-7-21(8-5-14)26(23,24)16-11-20(3)13(2)19-16/h6,9,11,14H,4-5,7-8,10H2,1-3H3,(H,18,22). The van der Waals surface area contributed by atoms with Crippen LogP contribution in [-0.4, -0.2) is 41.3 Å². The minimum atomic E-state index is -3.59. The molecule has 3 heterocycles. The summed E-state index contributed by atoms with van der Waals surface area (Å²) in [6.45, 7) is 5.02. The van der Waals surface area contributed by atoms with Crippen LogP contribution < -0.4 is 5.32 Å². The van der Waals surface area contributed by atoms with E-state index in [0.29, 0.717) is 38.3 Å². The summed E-state index contributed by atoms with van der Waals surface area (Å²) >= 11 is 1.63. The van der Waals surface area contributed by atoms with Gasteiger partial charge >= 0.3 is 0 Å². The summed E-state index contributed by atoms with van der Waals surface area (Å²) in [6.07, 6.45) is 2.59. The zero-order valence-corrected chi connectivity index (χ0v) is 16.9. The molecular formula is C17H24N4O3S2. The molecule has 0 radical (unpaired) electrons. The molecule has 1 saturated heterocycles. The van der Waals surface area contributed by atoms with Crippen LogP contribution in [0.1, 0.15) is 29.1 Å². The first-order valence-corrected chi connectivity index (χ1v) is 10.9. The monoisotopic (exact) mass is 396 g/mol. The molecule has 0 saturated carbocycles. The van der Waals surface area contributed by atoms with Crippen LogP contribution in [0.15, 0.2) is 22.7 Å². The Balaban J connectivity index is 1.56. The first-order valence-electron chi connectivity index (χ1n) is 8.60. The van der Waals surface area contributed by atoms with Crippen LogP contribution in [0.5, 0.6) is 0 Å². The molecule has 1 amide bonds. The van der Waals surface area contributed by atoms with Crippen molar-refractivity contribution in [3.8, 4) is 0 Å². The molecule has 9 heteroatoms. The Morgan fingerprint density at radius 2 is 2.04 bits per heavy atom. The number of aryl methyl sites for hydroxylation is 3. The quantitative estimate of drug-likeness (QED) is 0.835. The Hall–Kier alpha value is -1.71. The van der Waals surface area contributed by atoms with E-state index in [1.54, 1.807) is 29.9 Å². The van der Waals surface area contributed by atoms with Crippen LogP contribution in [-0.2, 0) is 28.4 Å². The number of carbonyl (C=O) groups excluding carboxylic acids is 1. The number of nitrogens with zero attached hydrogens (tertiary/aromatic N) is 3. The Morgan fingerprint density at radius 1 is 1.35 bits per heavy atom. The molecule has 2 aromatic heterocycles. The first kappa shape index (κ1) is 19.1. The van der Waals surface area contributed by atoms with E-state index in [4.69, 9.17) is 0 Å². The van der Waals surface area contributed by atoms with E-state index in [1.165, 1.54) is 16.1 Å². The maximum absolute atomic E-state index is 12.7. The number of hydrogen-bond acceptors (Lipinski definition) is 5. The van der Waals surface area contributed by atoms with Crippen molar-refractivity contribution >= 4 is 27.3 Å². The van der Waals surface area contributed by atoms with E-state index in [2.05, 4.69) is 10.3 Å². The van der Waals surface area contributed by atoms with E-state index < -0.39 is 10.0 Å². The van der Waals surface area contributed by atoms with Crippen molar-refractivity contribution in [2.24, 2.45) is 13.0 Å². The molecule has 0 aromatic carbocycles. The van der Waals surface area contributed by atoms with Crippen LogP contribution in [0.2, 0.25) is 0 Å². The maximum Gasteiger partial charge on any atom is 0.262 e. The van der Waals surface area contributed by atoms with E-state index in [1.807, 2.05) is 18.4 Å². The number of amides is 1. The SMILES string of the molecule is Cc1ccsc1CNC(=O)C1CCN(S(=O)(=O)c2cn(C)c(C)n2)CC1. The topological polar surface area (TPSA) is 84.3 Å². The van der Waals surface area contributed by atoms with Crippen molar-refractivity contribution in [3.63, 3.8) is 0 Å². The van der Waals surface area contributed by atoms with Crippen molar-refractivity contribution in [3.05, 3.63) is 33.9 Å². The van der Waals surface area contributed by atoms with Gasteiger partial charge in [-0.05, 0) is 43.7 Å². The van der Waals surface area contributed by atoms with Crippen molar-refractivity contribution < 1.29 is 13.2 Å². The second kappa shape index (κ2) is 7.50. The van der Waals surface area contributed by atoms with Gasteiger partial charge in [0.15, 0.2) is 5.03 Å². The zero-order chi connectivity index (χ0) is 18.9. The number of hydrogen-bond donors (Lipinski definition) is 1. The Bertz CT molecular complexity index is 874. The van der Waals surface area contributed by atoms with Crippen molar-refractivity contribution in [2.45, 2.75) is 38.3 Å². The van der Waals surface area contributed by atoms with Crippen LogP contribution in [0.4, 0.5) is 0 Å². The molecule has 0 aliphatic carbocycles. The second-order valence-corrected chi connectivity index (χ2v) is 9.55. The third-order valence-corrected chi connectivity index (χ3v) is 7.70. The molecule has 1 N–H and O–H groups in total. The van der Waals surface area contributed by atoms with Crippen molar-refractivity contribution in [1.29, 1.82) is 0 Å². The number of aromatic nitrogens is 2. The first-order chi connectivity index (χ1) is 12.3. The smallest absolute Gasteiger partial charge is 0.262 e. The lowest BCUT2D eigenvalue weighted by atomic mass is 9.97. The zero-order valence-electron chi connectivity index (χ0n) is 15.2. The summed E-state index contributed by atoms with van der Waals surface area (Å²) in [6, 6.07) is 2.04. The summed E-state index contributed by atoms with van der Waals surface area (Å²) in [4.78, 5) is 17.7. The van der Waals surface area contributed by atoms with Crippen LogP contribution in [0.3, 0.4) is 0 Å². The summed E-state index contributed by atoms with van der Waals surface area (Å²) in [5.74, 6) is 0.512. The average molecular weight is 397 g/mol. The highest BCUT2D eigenvalue weighted by atomic mass is 32.2. The number of carbonyl (C=O) groups is 1. The number of nitrogens with one attached hydrogen (secondary N) is 1. The van der Waals surface area contributed by atoms with E-state index >= 15 is 0 Å². The van der Waals surface area contributed by atoms with Gasteiger partial charge in [-0.15, -0.1) is 11.3 Å². The predicted molar refractivity (Wildman–Crippen MR) is 100 cm³/mol. The van der Waals surface area contributed by atoms with Gasteiger partial charge in [-0.2, -0.15) is 4.31 Å². The highest BCUT2D eigenvalue weighted by molar-refractivity contribution is 7.89. The molecule has 142 valence electrons. The number of imidazole rings is 1. The van der Waals surface area contributed by atoms with E-state index in [0.717, 1.165) is 4.88 Å². The number of rotatable bonds is 5. The van der Waals surface area contributed by atoms with Gasteiger partial charge in [0.05, 0.1) is 6.54 Å². The molecule has 1 aliphatic rings. The lowest BCUT2D eigenvalue weighted by Crippen LogP contribution is -2.42. The number of thiophene rings is 1. The molecule has 7 nitrogen and oxygen atoms in total. The normalized spacial score (nSPS) is 16.7. The summed E-state index contributed by atoms with van der Waals surface area (Å²) in [5.41, 5.74) is 1.18. The molecule has 0 unspecified atom stereocenters. The van der Waals surface area contributed by atoms with Gasteiger partial charge in [-0.3, -0.25) is 4.79 Å². The van der Waals surface area contributed by atoms with Gasteiger partial charge in [0, 0.05) is 37.1 Å². The molecule has 0 spiro atoms. The maximum atomic E-state index is 12.7. The van der Waals surface area contributed by atoms with Gasteiger partial charge in [0.25, 0.3) is 10.0 Å². The summed E-state index contributed by atoms with van der Waals surface area (Å²) in [7, 11) is -1.82. The fraction of sp³-hybridized carbons (Fsp3) is 0.529. The third kappa shape index (κ3) is 3.84. The van der Waals surface area contributed by atoms with E-state index in [9.17, 15) is 13.2 Å². The van der Waals surface area contributed by atoms with Gasteiger partial charge in [0.2, 0.25) is 5.91 Å². The Morgan fingerprint density at radius 3 is 2.58 bits per heavy atom. The fourth-order valence-electron chi connectivity index (χ4n) is 3.04. The number of piperidine rings is 1. The lowest BCUT2D eigenvalue weighted by molar-refractivity contribution is -0.126. The van der Waals surface area contributed by atoms with Crippen LogP contribution >= 0.6 is 11.3 Å². The van der Waals surface area contributed by atoms with E-state index in [-0.39, 0.29) is 16.9 Å². The Labute approximate surface area is 158 Å². The minimum absolute atomic E-state index is 0.00327. The summed E-state index contributed by atoms with van der Waals surface area (Å²) < 4.78 is 28.5. The second-order valence-electron chi connectivity index (χ2n) is 6.66. The van der Waals surface area contributed by atoms with Gasteiger partial charge in [0.1, 0.15) is 5.82 Å². The highest BCUT2D eigenvalue weighted by Crippen LogP contribution is 2.24. The Kier molecular flexibility index (Phi) is 5.50. The largest absolute Gasteiger partial charge is 0.351 e. The van der Waals surface area contributed by atoms with Crippen molar-refractivity contribution in [2.75, 3.05) is 13.1 Å². The molecule has 1 aliphatic heterocycles. The van der Waals surface area contributed by atoms with Gasteiger partial charge in [-0.1, -0.05) is 0 Å². The van der Waals surface area contributed by atoms with Crippen LogP contribution in [0, 0.1) is 19.8 Å². The van der Waals surface area contributed by atoms with Gasteiger partial charge < -0.3 is 9.88 Å². The van der Waals surface area contributed by atoms with Crippen molar-refractivity contribution in [1.82, 2.24) is 19.2 Å². The lowest BCUT2D eigenvalue weighted by Gasteiger charge is -2.29. The molecule has 0 bridgehead atoms. The molecule has 26 heavy (non-hydrogen) atoms. The highest BCUT2D eigenvalue weighted by Gasteiger charge is 2.33. The van der Waals surface area contributed by atoms with Crippen LogP contribution in [0.25, 0.3) is 0 Å². The molecule has 2 aromatic rings. The molecule has 0 atom stereocenters. The minimum Gasteiger partial charge on any atom is -0.351 e. The molecule has 1 fully saturated rings. The summed E-state index contributed by atoms with van der Waals surface area (Å²) in [5, 5.41) is 5.07. The number of sulfonamides is 1. The fourth-order valence-corrected chi connectivity index (χ4v) is 5.38. The molecule has 3 rings (SSSR count).